The second kappa shape index (κ2) is 6.33. The van der Waals surface area contributed by atoms with E-state index in [0.29, 0.717) is 10.7 Å². The van der Waals surface area contributed by atoms with E-state index in [1.54, 1.807) is 25.2 Å². The van der Waals surface area contributed by atoms with Crippen LogP contribution in [0.1, 0.15) is 15.9 Å². The summed E-state index contributed by atoms with van der Waals surface area (Å²) < 4.78 is 13.8. The van der Waals surface area contributed by atoms with Crippen LogP contribution < -0.4 is 5.73 Å². The summed E-state index contributed by atoms with van der Waals surface area (Å²) in [4.78, 5) is 13.7. The first-order valence-corrected chi connectivity index (χ1v) is 6.89. The van der Waals surface area contributed by atoms with E-state index < -0.39 is 5.82 Å². The average Bonchev–Trinajstić information content (AvgIpc) is 2.44. The summed E-state index contributed by atoms with van der Waals surface area (Å²) in [7, 11) is 1.55. The van der Waals surface area contributed by atoms with Gasteiger partial charge in [-0.1, -0.05) is 29.3 Å². The predicted octanol–water partition coefficient (Wildman–Crippen LogP) is 3.99. The lowest BCUT2D eigenvalue weighted by atomic mass is 10.1. The van der Waals surface area contributed by atoms with E-state index in [4.69, 9.17) is 28.9 Å². The highest BCUT2D eigenvalue weighted by molar-refractivity contribution is 6.31. The number of carbonyl (C=O) groups excluding carboxylic acids is 1. The standard InChI is InChI=1S/C15H13Cl2FN2O/c1-20(8-11-12(17)3-2-4-13(11)18)15(21)10-7-9(16)5-6-14(10)19/h2-7H,8,19H2,1H3. The van der Waals surface area contributed by atoms with E-state index in [1.807, 2.05) is 0 Å². The maximum absolute atomic E-state index is 13.8. The Morgan fingerprint density at radius 3 is 2.67 bits per heavy atom. The molecule has 0 saturated heterocycles. The molecule has 0 heterocycles. The summed E-state index contributed by atoms with van der Waals surface area (Å²) in [6.45, 7) is 0.0380. The molecule has 0 radical (unpaired) electrons. The largest absolute Gasteiger partial charge is 0.398 e. The van der Waals surface area contributed by atoms with Gasteiger partial charge in [-0.3, -0.25) is 4.79 Å². The Labute approximate surface area is 132 Å². The molecule has 2 aromatic rings. The highest BCUT2D eigenvalue weighted by Crippen LogP contribution is 2.23. The van der Waals surface area contributed by atoms with Crippen molar-refractivity contribution in [3.05, 3.63) is 63.4 Å². The normalized spacial score (nSPS) is 10.5. The number of amides is 1. The van der Waals surface area contributed by atoms with Gasteiger partial charge in [-0.25, -0.2) is 4.39 Å². The summed E-state index contributed by atoms with van der Waals surface area (Å²) in [5.74, 6) is -0.810. The van der Waals surface area contributed by atoms with Gasteiger partial charge in [0.2, 0.25) is 0 Å². The second-order valence-corrected chi connectivity index (χ2v) is 5.44. The van der Waals surface area contributed by atoms with E-state index in [1.165, 1.54) is 23.1 Å². The van der Waals surface area contributed by atoms with Crippen LogP contribution in [0.4, 0.5) is 10.1 Å². The monoisotopic (exact) mass is 326 g/mol. The fraction of sp³-hybridized carbons (Fsp3) is 0.133. The van der Waals surface area contributed by atoms with Crippen LogP contribution in [0.2, 0.25) is 10.0 Å². The van der Waals surface area contributed by atoms with Crippen molar-refractivity contribution in [1.82, 2.24) is 4.90 Å². The summed E-state index contributed by atoms with van der Waals surface area (Å²) in [6.07, 6.45) is 0. The van der Waals surface area contributed by atoms with Gasteiger partial charge in [0.25, 0.3) is 5.91 Å². The lowest BCUT2D eigenvalue weighted by Crippen LogP contribution is -2.27. The lowest BCUT2D eigenvalue weighted by molar-refractivity contribution is 0.0785. The minimum Gasteiger partial charge on any atom is -0.398 e. The van der Waals surface area contributed by atoms with Crippen molar-refractivity contribution < 1.29 is 9.18 Å². The molecular weight excluding hydrogens is 314 g/mol. The molecule has 6 heteroatoms. The van der Waals surface area contributed by atoms with E-state index in [0.717, 1.165) is 0 Å². The Morgan fingerprint density at radius 1 is 1.29 bits per heavy atom. The van der Waals surface area contributed by atoms with Gasteiger partial charge in [0.1, 0.15) is 5.82 Å². The molecule has 2 rings (SSSR count). The van der Waals surface area contributed by atoms with Crippen molar-refractivity contribution in [3.8, 4) is 0 Å². The summed E-state index contributed by atoms with van der Waals surface area (Å²) in [6, 6.07) is 9.02. The highest BCUT2D eigenvalue weighted by atomic mass is 35.5. The number of nitrogens with zero attached hydrogens (tertiary/aromatic N) is 1. The summed E-state index contributed by atoms with van der Waals surface area (Å²) in [5.41, 5.74) is 6.63. The van der Waals surface area contributed by atoms with Crippen molar-refractivity contribution in [3.63, 3.8) is 0 Å². The average molecular weight is 327 g/mol. The van der Waals surface area contributed by atoms with Crippen molar-refractivity contribution in [1.29, 1.82) is 0 Å². The molecule has 0 spiro atoms. The third-order valence-electron chi connectivity index (χ3n) is 3.05. The highest BCUT2D eigenvalue weighted by Gasteiger charge is 2.18. The lowest BCUT2D eigenvalue weighted by Gasteiger charge is -2.19. The maximum atomic E-state index is 13.8. The molecule has 0 aliphatic carbocycles. The number of nitrogens with two attached hydrogens (primary N) is 1. The zero-order valence-electron chi connectivity index (χ0n) is 11.2. The van der Waals surface area contributed by atoms with Gasteiger partial charge in [0.05, 0.1) is 5.56 Å². The van der Waals surface area contributed by atoms with Crippen LogP contribution in [0, 0.1) is 5.82 Å². The molecule has 0 saturated carbocycles. The van der Waals surface area contributed by atoms with Crippen LogP contribution in [-0.2, 0) is 6.54 Å². The first-order valence-electron chi connectivity index (χ1n) is 6.13. The molecule has 0 bridgehead atoms. The third kappa shape index (κ3) is 3.46. The molecule has 2 N–H and O–H groups in total. The third-order valence-corrected chi connectivity index (χ3v) is 3.64. The van der Waals surface area contributed by atoms with E-state index in [-0.39, 0.29) is 28.6 Å². The van der Waals surface area contributed by atoms with Crippen LogP contribution in [0.15, 0.2) is 36.4 Å². The molecule has 0 aliphatic rings. The molecule has 0 atom stereocenters. The summed E-state index contributed by atoms with van der Waals surface area (Å²) >= 11 is 11.8. The van der Waals surface area contributed by atoms with Crippen LogP contribution >= 0.6 is 23.2 Å². The Morgan fingerprint density at radius 2 is 2.00 bits per heavy atom. The number of carbonyl (C=O) groups is 1. The van der Waals surface area contributed by atoms with E-state index in [9.17, 15) is 9.18 Å². The number of benzene rings is 2. The number of rotatable bonds is 3. The predicted molar refractivity (Wildman–Crippen MR) is 83.1 cm³/mol. The minimum absolute atomic E-state index is 0.0380. The smallest absolute Gasteiger partial charge is 0.256 e. The molecular formula is C15H13Cl2FN2O. The van der Waals surface area contributed by atoms with Gasteiger partial charge >= 0.3 is 0 Å². The molecule has 110 valence electrons. The van der Waals surface area contributed by atoms with Crippen molar-refractivity contribution >= 4 is 34.8 Å². The maximum Gasteiger partial charge on any atom is 0.256 e. The van der Waals surface area contributed by atoms with Crippen LogP contribution in [0.25, 0.3) is 0 Å². The molecule has 0 aromatic heterocycles. The summed E-state index contributed by atoms with van der Waals surface area (Å²) in [5, 5.41) is 0.679. The van der Waals surface area contributed by atoms with Crippen LogP contribution in [0.3, 0.4) is 0 Å². The van der Waals surface area contributed by atoms with Gasteiger partial charge in [0.15, 0.2) is 0 Å². The second-order valence-electron chi connectivity index (χ2n) is 4.59. The van der Waals surface area contributed by atoms with Crippen molar-refractivity contribution in [2.75, 3.05) is 12.8 Å². The van der Waals surface area contributed by atoms with Gasteiger partial charge in [0, 0.05) is 34.9 Å². The number of nitrogen functional groups attached to an aromatic ring is 1. The molecule has 21 heavy (non-hydrogen) atoms. The van der Waals surface area contributed by atoms with E-state index in [2.05, 4.69) is 0 Å². The SMILES string of the molecule is CN(Cc1c(F)cccc1Cl)C(=O)c1cc(Cl)ccc1N. The molecule has 0 unspecified atom stereocenters. The quantitative estimate of drug-likeness (QED) is 0.867. The number of hydrogen-bond donors (Lipinski definition) is 1. The minimum atomic E-state index is -0.457. The first kappa shape index (κ1) is 15.6. The van der Waals surface area contributed by atoms with Gasteiger partial charge in [-0.05, 0) is 30.3 Å². The number of halogens is 3. The Hall–Kier alpha value is -1.78. The Bertz CT molecular complexity index is 671. The topological polar surface area (TPSA) is 46.3 Å². The molecule has 0 fully saturated rings. The fourth-order valence-corrected chi connectivity index (χ4v) is 2.31. The number of hydrogen-bond acceptors (Lipinski definition) is 2. The zero-order valence-corrected chi connectivity index (χ0v) is 12.7. The van der Waals surface area contributed by atoms with Gasteiger partial charge in [-0.2, -0.15) is 0 Å². The fourth-order valence-electron chi connectivity index (χ4n) is 1.91. The Kier molecular flexibility index (Phi) is 4.70. The molecule has 3 nitrogen and oxygen atoms in total. The molecule has 2 aromatic carbocycles. The van der Waals surface area contributed by atoms with Crippen molar-refractivity contribution in [2.45, 2.75) is 6.54 Å². The van der Waals surface area contributed by atoms with Crippen molar-refractivity contribution in [2.24, 2.45) is 0 Å². The molecule has 0 aliphatic heterocycles. The van der Waals surface area contributed by atoms with E-state index >= 15 is 0 Å². The zero-order chi connectivity index (χ0) is 15.6. The first-order chi connectivity index (χ1) is 9.90. The van der Waals surface area contributed by atoms with Crippen LogP contribution in [-0.4, -0.2) is 17.9 Å². The van der Waals surface area contributed by atoms with Crippen LogP contribution in [0.5, 0.6) is 0 Å². The van der Waals surface area contributed by atoms with Gasteiger partial charge in [-0.15, -0.1) is 0 Å². The number of anilines is 1. The molecule has 1 amide bonds. The Balaban J connectivity index is 2.26. The van der Waals surface area contributed by atoms with Gasteiger partial charge < -0.3 is 10.6 Å².